The molecule has 1 aromatic carbocycles. The smallest absolute Gasteiger partial charge is 0.410 e. The molecule has 0 aliphatic carbocycles. The van der Waals surface area contributed by atoms with Crippen molar-refractivity contribution >= 4 is 33.5 Å². The highest BCUT2D eigenvalue weighted by Gasteiger charge is 2.36. The molecule has 0 unspecified atom stereocenters. The molecule has 2 saturated heterocycles. The van der Waals surface area contributed by atoms with Crippen molar-refractivity contribution in [2.75, 3.05) is 25.5 Å². The zero-order chi connectivity index (χ0) is 22.8. The fourth-order valence-electron chi connectivity index (χ4n) is 3.62. The van der Waals surface area contributed by atoms with Crippen LogP contribution in [-0.2, 0) is 19.6 Å². The number of carbonyl (C=O) groups excluding carboxylic acids is 2. The summed E-state index contributed by atoms with van der Waals surface area (Å²) in [4.78, 5) is 28.5. The van der Waals surface area contributed by atoms with Crippen LogP contribution in [0.25, 0.3) is 0 Å². The van der Waals surface area contributed by atoms with E-state index in [9.17, 15) is 18.0 Å². The fourth-order valence-corrected chi connectivity index (χ4v) is 4.71. The Bertz CT molecular complexity index is 966. The summed E-state index contributed by atoms with van der Waals surface area (Å²) in [5, 5.41) is 2.76. The van der Waals surface area contributed by atoms with Crippen LogP contribution in [0.5, 0.6) is 0 Å². The van der Waals surface area contributed by atoms with E-state index in [0.717, 1.165) is 13.0 Å². The molecule has 0 aromatic heterocycles. The zero-order valence-corrected chi connectivity index (χ0v) is 19.2. The van der Waals surface area contributed by atoms with E-state index in [-0.39, 0.29) is 10.8 Å². The summed E-state index contributed by atoms with van der Waals surface area (Å²) in [6.45, 7) is 6.59. The third-order valence-electron chi connectivity index (χ3n) is 5.16. The van der Waals surface area contributed by atoms with Gasteiger partial charge >= 0.3 is 6.09 Å². The number of carbonyl (C=O) groups is 2. The van der Waals surface area contributed by atoms with Gasteiger partial charge in [0, 0.05) is 32.2 Å². The molecule has 2 amide bonds. The number of likely N-dealkylation sites (tertiary alicyclic amines) is 2. The number of amidine groups is 1. The van der Waals surface area contributed by atoms with Crippen molar-refractivity contribution in [3.63, 3.8) is 0 Å². The standard InChI is InChI=1S/C21H30N4O5S/c1-21(2,3)30-20(27)25-14-5-7-17(25)19(26)22-15-9-11-16(12-10-15)31(28,29)23-18-8-6-13-24(18)4/h9-12,17H,5-8,13-14H2,1-4H3,(H,22,26)/b23-18+/t17-/m0/s1. The molecule has 0 spiro atoms. The number of nitrogens with zero attached hydrogens (tertiary/aromatic N) is 3. The van der Waals surface area contributed by atoms with Gasteiger partial charge in [0.15, 0.2) is 0 Å². The van der Waals surface area contributed by atoms with Gasteiger partial charge in [-0.25, -0.2) is 4.79 Å². The molecule has 3 rings (SSSR count). The van der Waals surface area contributed by atoms with Crippen molar-refractivity contribution in [1.82, 2.24) is 9.80 Å². The predicted molar refractivity (Wildman–Crippen MR) is 118 cm³/mol. The minimum absolute atomic E-state index is 0.0644. The Hall–Kier alpha value is -2.62. The minimum Gasteiger partial charge on any atom is -0.444 e. The van der Waals surface area contributed by atoms with Crippen LogP contribution in [0.4, 0.5) is 10.5 Å². The molecular weight excluding hydrogens is 420 g/mol. The van der Waals surface area contributed by atoms with E-state index < -0.39 is 27.8 Å². The maximum absolute atomic E-state index is 12.7. The molecule has 2 aliphatic rings. The van der Waals surface area contributed by atoms with Crippen molar-refractivity contribution < 1.29 is 22.7 Å². The summed E-state index contributed by atoms with van der Waals surface area (Å²) in [6, 6.07) is 5.27. The Kier molecular flexibility index (Phi) is 6.59. The largest absolute Gasteiger partial charge is 0.444 e. The van der Waals surface area contributed by atoms with Gasteiger partial charge in [-0.3, -0.25) is 9.69 Å². The van der Waals surface area contributed by atoms with Crippen LogP contribution in [-0.4, -0.2) is 67.8 Å². The Balaban J connectivity index is 1.66. The number of ether oxygens (including phenoxy) is 1. The Morgan fingerprint density at radius 2 is 1.81 bits per heavy atom. The first-order chi connectivity index (χ1) is 14.5. The van der Waals surface area contributed by atoms with E-state index in [4.69, 9.17) is 4.74 Å². The van der Waals surface area contributed by atoms with E-state index in [0.29, 0.717) is 37.3 Å². The van der Waals surface area contributed by atoms with E-state index in [1.54, 1.807) is 20.8 Å². The summed E-state index contributed by atoms with van der Waals surface area (Å²) >= 11 is 0. The maximum atomic E-state index is 12.7. The molecule has 0 saturated carbocycles. The molecule has 10 heteroatoms. The predicted octanol–water partition coefficient (Wildman–Crippen LogP) is 2.84. The first kappa shape index (κ1) is 23.1. The highest BCUT2D eigenvalue weighted by atomic mass is 32.2. The number of rotatable bonds is 4. The first-order valence-corrected chi connectivity index (χ1v) is 11.9. The second-order valence-electron chi connectivity index (χ2n) is 8.85. The lowest BCUT2D eigenvalue weighted by Gasteiger charge is -2.28. The number of nitrogens with one attached hydrogen (secondary N) is 1. The number of anilines is 1. The summed E-state index contributed by atoms with van der Waals surface area (Å²) in [7, 11) is -1.99. The van der Waals surface area contributed by atoms with Crippen LogP contribution in [0, 0.1) is 0 Å². The van der Waals surface area contributed by atoms with Crippen molar-refractivity contribution in [2.45, 2.75) is 63.0 Å². The second kappa shape index (κ2) is 8.86. The Labute approximate surface area is 183 Å². The van der Waals surface area contributed by atoms with E-state index >= 15 is 0 Å². The van der Waals surface area contributed by atoms with Gasteiger partial charge in [0.25, 0.3) is 10.0 Å². The summed E-state index contributed by atoms with van der Waals surface area (Å²) in [5.41, 5.74) is -0.191. The molecule has 31 heavy (non-hydrogen) atoms. The van der Waals surface area contributed by atoms with E-state index in [2.05, 4.69) is 9.71 Å². The molecule has 1 N–H and O–H groups in total. The van der Waals surface area contributed by atoms with Crippen LogP contribution < -0.4 is 5.32 Å². The zero-order valence-electron chi connectivity index (χ0n) is 18.4. The molecule has 170 valence electrons. The lowest BCUT2D eigenvalue weighted by molar-refractivity contribution is -0.120. The average molecular weight is 451 g/mol. The lowest BCUT2D eigenvalue weighted by atomic mass is 10.2. The van der Waals surface area contributed by atoms with Crippen LogP contribution in [0.2, 0.25) is 0 Å². The van der Waals surface area contributed by atoms with Gasteiger partial charge in [-0.1, -0.05) is 0 Å². The van der Waals surface area contributed by atoms with Crippen molar-refractivity contribution in [2.24, 2.45) is 4.40 Å². The van der Waals surface area contributed by atoms with Crippen LogP contribution in [0.15, 0.2) is 33.6 Å². The average Bonchev–Trinajstić information content (AvgIpc) is 3.30. The Morgan fingerprint density at radius 3 is 2.39 bits per heavy atom. The van der Waals surface area contributed by atoms with Crippen molar-refractivity contribution in [3.8, 4) is 0 Å². The van der Waals surface area contributed by atoms with Crippen molar-refractivity contribution in [1.29, 1.82) is 0 Å². The number of amides is 2. The quantitative estimate of drug-likeness (QED) is 0.756. The van der Waals surface area contributed by atoms with Gasteiger partial charge in [0.05, 0.1) is 4.90 Å². The molecule has 9 nitrogen and oxygen atoms in total. The third kappa shape index (κ3) is 5.75. The normalized spacial score (nSPS) is 20.9. The third-order valence-corrected chi connectivity index (χ3v) is 6.48. The highest BCUT2D eigenvalue weighted by molar-refractivity contribution is 7.90. The van der Waals surface area contributed by atoms with Gasteiger partial charge < -0.3 is 15.0 Å². The van der Waals surface area contributed by atoms with Gasteiger partial charge in [-0.2, -0.15) is 8.42 Å². The molecule has 1 aromatic rings. The van der Waals surface area contributed by atoms with Gasteiger partial charge in [-0.05, 0) is 64.3 Å². The van der Waals surface area contributed by atoms with Gasteiger partial charge in [0.2, 0.25) is 5.91 Å². The molecule has 2 heterocycles. The number of benzene rings is 1. The number of hydrogen-bond donors (Lipinski definition) is 1. The van der Waals surface area contributed by atoms with E-state index in [1.807, 2.05) is 11.9 Å². The molecule has 0 bridgehead atoms. The highest BCUT2D eigenvalue weighted by Crippen LogP contribution is 2.23. The van der Waals surface area contributed by atoms with Gasteiger partial charge in [-0.15, -0.1) is 4.40 Å². The summed E-state index contributed by atoms with van der Waals surface area (Å²) in [6.07, 6.45) is 2.27. The SMILES string of the molecule is CN1CCC/C1=N\S(=O)(=O)c1ccc(NC(=O)[C@@H]2CCCN2C(=O)OC(C)(C)C)cc1. The fraction of sp³-hybridized carbons (Fsp3) is 0.571. The van der Waals surface area contributed by atoms with Crippen LogP contribution in [0.3, 0.4) is 0 Å². The number of hydrogen-bond acceptors (Lipinski definition) is 5. The molecule has 2 fully saturated rings. The molecule has 1 atom stereocenters. The van der Waals surface area contributed by atoms with E-state index in [1.165, 1.54) is 29.2 Å². The lowest BCUT2D eigenvalue weighted by Crippen LogP contribution is -2.45. The first-order valence-electron chi connectivity index (χ1n) is 10.4. The number of sulfonamides is 1. The molecular formula is C21H30N4O5S. The summed E-state index contributed by atoms with van der Waals surface area (Å²) < 4.78 is 34.4. The molecule has 2 aliphatic heterocycles. The second-order valence-corrected chi connectivity index (χ2v) is 10.5. The monoisotopic (exact) mass is 450 g/mol. The molecule has 0 radical (unpaired) electrons. The van der Waals surface area contributed by atoms with Crippen LogP contribution >= 0.6 is 0 Å². The maximum Gasteiger partial charge on any atom is 0.410 e. The van der Waals surface area contributed by atoms with Crippen LogP contribution in [0.1, 0.15) is 46.5 Å². The van der Waals surface area contributed by atoms with Crippen molar-refractivity contribution in [3.05, 3.63) is 24.3 Å². The Morgan fingerprint density at radius 1 is 1.13 bits per heavy atom. The topological polar surface area (TPSA) is 108 Å². The van der Waals surface area contributed by atoms with Gasteiger partial charge in [0.1, 0.15) is 17.5 Å². The minimum atomic E-state index is -3.81. The summed E-state index contributed by atoms with van der Waals surface area (Å²) in [5.74, 6) is 0.229.